The van der Waals surface area contributed by atoms with Crippen molar-refractivity contribution in [3.05, 3.63) is 41.0 Å². The van der Waals surface area contributed by atoms with Crippen molar-refractivity contribution < 1.29 is 4.79 Å². The number of nitriles is 1. The van der Waals surface area contributed by atoms with Crippen LogP contribution in [-0.4, -0.2) is 16.4 Å². The summed E-state index contributed by atoms with van der Waals surface area (Å²) in [5.41, 5.74) is 0.185. The van der Waals surface area contributed by atoms with Crippen LogP contribution < -0.4 is 5.32 Å². The maximum atomic E-state index is 12.4. The Kier molecular flexibility index (Phi) is 3.91. The fourth-order valence-corrected chi connectivity index (χ4v) is 2.04. The van der Waals surface area contributed by atoms with Gasteiger partial charge in [-0.3, -0.25) is 4.79 Å². The van der Waals surface area contributed by atoms with Crippen LogP contribution in [0.1, 0.15) is 30.6 Å². The molecule has 0 spiro atoms. The van der Waals surface area contributed by atoms with E-state index in [1.54, 1.807) is 13.0 Å². The van der Waals surface area contributed by atoms with Crippen LogP contribution in [0.4, 0.5) is 0 Å². The molecule has 0 saturated heterocycles. The van der Waals surface area contributed by atoms with Gasteiger partial charge in [0.1, 0.15) is 10.7 Å². The summed E-state index contributed by atoms with van der Waals surface area (Å²) in [6, 6.07) is 10.9. The molecule has 0 bridgehead atoms. The van der Waals surface area contributed by atoms with E-state index >= 15 is 0 Å². The Morgan fingerprint density at radius 3 is 2.85 bits per heavy atom. The number of amides is 1. The van der Waals surface area contributed by atoms with Gasteiger partial charge in [0.2, 0.25) is 0 Å². The van der Waals surface area contributed by atoms with Crippen LogP contribution in [0.5, 0.6) is 0 Å². The van der Waals surface area contributed by atoms with Crippen molar-refractivity contribution in [3.8, 4) is 6.07 Å². The lowest BCUT2D eigenvalue weighted by Crippen LogP contribution is -2.44. The molecule has 0 radical (unpaired) electrons. The number of halogens is 1. The zero-order chi connectivity index (χ0) is 14.8. The average molecular weight is 288 g/mol. The van der Waals surface area contributed by atoms with Crippen LogP contribution in [-0.2, 0) is 0 Å². The summed E-state index contributed by atoms with van der Waals surface area (Å²) in [4.78, 5) is 16.6. The highest BCUT2D eigenvalue weighted by atomic mass is 35.5. The minimum Gasteiger partial charge on any atom is -0.334 e. The number of aromatic nitrogens is 1. The number of hydrogen-bond donors (Lipinski definition) is 1. The first-order valence-electron chi connectivity index (χ1n) is 6.28. The normalized spacial score (nSPS) is 13.5. The van der Waals surface area contributed by atoms with Crippen LogP contribution >= 0.6 is 11.6 Å². The molecule has 0 aliphatic heterocycles. The predicted molar refractivity (Wildman–Crippen MR) is 78.5 cm³/mol. The van der Waals surface area contributed by atoms with E-state index in [1.807, 2.05) is 25.1 Å². The Labute approximate surface area is 122 Å². The van der Waals surface area contributed by atoms with Gasteiger partial charge in [-0.1, -0.05) is 36.7 Å². The molecule has 0 fully saturated rings. The summed E-state index contributed by atoms with van der Waals surface area (Å²) >= 11 is 5.95. The quantitative estimate of drug-likeness (QED) is 0.881. The van der Waals surface area contributed by atoms with E-state index < -0.39 is 5.54 Å². The van der Waals surface area contributed by atoms with Gasteiger partial charge in [-0.25, -0.2) is 4.98 Å². The van der Waals surface area contributed by atoms with Crippen molar-refractivity contribution in [3.63, 3.8) is 0 Å². The van der Waals surface area contributed by atoms with Gasteiger partial charge < -0.3 is 5.32 Å². The summed E-state index contributed by atoms with van der Waals surface area (Å²) in [5, 5.41) is 12.9. The number of rotatable bonds is 3. The van der Waals surface area contributed by atoms with Gasteiger partial charge in [-0.15, -0.1) is 0 Å². The predicted octanol–water partition coefficient (Wildman–Crippen LogP) is 3.31. The van der Waals surface area contributed by atoms with Crippen LogP contribution in [0.25, 0.3) is 10.9 Å². The van der Waals surface area contributed by atoms with Gasteiger partial charge in [0.05, 0.1) is 17.1 Å². The van der Waals surface area contributed by atoms with E-state index in [0.29, 0.717) is 22.9 Å². The Bertz CT molecular complexity index is 708. The van der Waals surface area contributed by atoms with Gasteiger partial charge in [0, 0.05) is 5.39 Å². The SMILES string of the molecule is CCC(C)(C#N)NC(=O)c1cc(Cl)nc2ccccc12. The van der Waals surface area contributed by atoms with E-state index in [0.717, 1.165) is 0 Å². The first-order valence-corrected chi connectivity index (χ1v) is 6.66. The van der Waals surface area contributed by atoms with Crippen LogP contribution in [0.3, 0.4) is 0 Å². The number of para-hydroxylation sites is 1. The first kappa shape index (κ1) is 14.3. The topological polar surface area (TPSA) is 65.8 Å². The Balaban J connectivity index is 2.48. The van der Waals surface area contributed by atoms with Crippen molar-refractivity contribution in [1.29, 1.82) is 5.26 Å². The minimum absolute atomic E-state index is 0.254. The number of hydrogen-bond acceptors (Lipinski definition) is 3. The van der Waals surface area contributed by atoms with Gasteiger partial charge in [-0.2, -0.15) is 5.26 Å². The molecule has 5 heteroatoms. The summed E-state index contributed by atoms with van der Waals surface area (Å²) < 4.78 is 0. The number of nitrogens with zero attached hydrogens (tertiary/aromatic N) is 2. The number of carbonyl (C=O) groups excluding carboxylic acids is 1. The zero-order valence-electron chi connectivity index (χ0n) is 11.3. The smallest absolute Gasteiger partial charge is 0.253 e. The van der Waals surface area contributed by atoms with E-state index in [-0.39, 0.29) is 11.1 Å². The fourth-order valence-electron chi connectivity index (χ4n) is 1.84. The first-order chi connectivity index (χ1) is 9.49. The second kappa shape index (κ2) is 5.48. The molecule has 2 aromatic rings. The van der Waals surface area contributed by atoms with E-state index in [1.165, 1.54) is 6.07 Å². The molecule has 1 atom stereocenters. The third-order valence-corrected chi connectivity index (χ3v) is 3.47. The van der Waals surface area contributed by atoms with E-state index in [9.17, 15) is 4.79 Å². The molecule has 0 aliphatic carbocycles. The third kappa shape index (κ3) is 2.73. The van der Waals surface area contributed by atoms with Gasteiger partial charge in [0.25, 0.3) is 5.91 Å². The molecule has 1 unspecified atom stereocenters. The second-order valence-electron chi connectivity index (χ2n) is 4.76. The maximum absolute atomic E-state index is 12.4. The Hall–Kier alpha value is -2.12. The summed E-state index contributed by atoms with van der Waals surface area (Å²) in [6.07, 6.45) is 0.520. The molecule has 1 amide bonds. The number of carbonyl (C=O) groups is 1. The van der Waals surface area contributed by atoms with Crippen molar-refractivity contribution >= 4 is 28.4 Å². The monoisotopic (exact) mass is 287 g/mol. The largest absolute Gasteiger partial charge is 0.334 e. The maximum Gasteiger partial charge on any atom is 0.253 e. The molecular formula is C15H14ClN3O. The van der Waals surface area contributed by atoms with Crippen molar-refractivity contribution in [2.24, 2.45) is 0 Å². The third-order valence-electron chi connectivity index (χ3n) is 3.27. The Morgan fingerprint density at radius 1 is 1.50 bits per heavy atom. The van der Waals surface area contributed by atoms with Crippen molar-refractivity contribution in [2.75, 3.05) is 0 Å². The fraction of sp³-hybridized carbons (Fsp3) is 0.267. The van der Waals surface area contributed by atoms with Crippen LogP contribution in [0.15, 0.2) is 30.3 Å². The molecule has 1 aromatic heterocycles. The molecule has 4 nitrogen and oxygen atoms in total. The highest BCUT2D eigenvalue weighted by molar-refractivity contribution is 6.30. The van der Waals surface area contributed by atoms with Crippen molar-refractivity contribution in [1.82, 2.24) is 10.3 Å². The van der Waals surface area contributed by atoms with Crippen molar-refractivity contribution in [2.45, 2.75) is 25.8 Å². The number of nitrogens with one attached hydrogen (secondary N) is 1. The van der Waals surface area contributed by atoms with Crippen LogP contribution in [0.2, 0.25) is 5.15 Å². The lowest BCUT2D eigenvalue weighted by Gasteiger charge is -2.21. The summed E-state index contributed by atoms with van der Waals surface area (Å²) in [6.45, 7) is 3.54. The molecule has 1 N–H and O–H groups in total. The van der Waals surface area contributed by atoms with Gasteiger partial charge in [-0.05, 0) is 25.5 Å². The molecule has 0 aliphatic rings. The Morgan fingerprint density at radius 2 is 2.20 bits per heavy atom. The second-order valence-corrected chi connectivity index (χ2v) is 5.15. The molecule has 102 valence electrons. The average Bonchev–Trinajstić information content (AvgIpc) is 2.46. The minimum atomic E-state index is -0.895. The molecule has 2 rings (SSSR count). The molecular weight excluding hydrogens is 274 g/mol. The van der Waals surface area contributed by atoms with Crippen LogP contribution in [0, 0.1) is 11.3 Å². The zero-order valence-corrected chi connectivity index (χ0v) is 12.0. The molecule has 1 heterocycles. The molecule has 0 saturated carbocycles. The van der Waals surface area contributed by atoms with Gasteiger partial charge >= 0.3 is 0 Å². The molecule has 1 aromatic carbocycles. The van der Waals surface area contributed by atoms with E-state index in [4.69, 9.17) is 16.9 Å². The lowest BCUT2D eigenvalue weighted by molar-refractivity contribution is 0.0924. The highest BCUT2D eigenvalue weighted by Gasteiger charge is 2.25. The van der Waals surface area contributed by atoms with E-state index in [2.05, 4.69) is 16.4 Å². The number of fused-ring (bicyclic) bond motifs is 1. The summed E-state index contributed by atoms with van der Waals surface area (Å²) in [5.74, 6) is -0.323. The highest BCUT2D eigenvalue weighted by Crippen LogP contribution is 2.21. The van der Waals surface area contributed by atoms with Gasteiger partial charge in [0.15, 0.2) is 0 Å². The summed E-state index contributed by atoms with van der Waals surface area (Å²) in [7, 11) is 0. The lowest BCUT2D eigenvalue weighted by atomic mass is 10.00. The standard InChI is InChI=1S/C15H14ClN3O/c1-3-15(2,9-17)19-14(20)11-8-13(16)18-12-7-5-4-6-10(11)12/h4-8H,3H2,1-2H3,(H,19,20). The number of benzene rings is 1. The molecule has 20 heavy (non-hydrogen) atoms. The number of pyridine rings is 1.